The third-order valence-electron chi connectivity index (χ3n) is 4.24. The lowest BCUT2D eigenvalue weighted by Gasteiger charge is -2.16. The molecule has 0 aromatic heterocycles. The van der Waals surface area contributed by atoms with Crippen molar-refractivity contribution in [1.29, 1.82) is 0 Å². The van der Waals surface area contributed by atoms with E-state index in [1.165, 1.54) is 28.6 Å². The van der Waals surface area contributed by atoms with Crippen molar-refractivity contribution in [3.63, 3.8) is 0 Å². The molecule has 1 atom stereocenters. The molecule has 0 aliphatic carbocycles. The van der Waals surface area contributed by atoms with E-state index in [-0.39, 0.29) is 22.4 Å². The van der Waals surface area contributed by atoms with E-state index in [9.17, 15) is 18.0 Å². The van der Waals surface area contributed by atoms with Crippen LogP contribution in [0.25, 0.3) is 0 Å². The number of esters is 1. The van der Waals surface area contributed by atoms with Crippen LogP contribution in [0.5, 0.6) is 0 Å². The van der Waals surface area contributed by atoms with E-state index in [0.29, 0.717) is 13.1 Å². The lowest BCUT2D eigenvalue weighted by Crippen LogP contribution is -2.35. The topological polar surface area (TPSA) is 92.8 Å². The molecule has 1 aromatic rings. The fraction of sp³-hybridized carbons (Fsp3) is 0.556. The van der Waals surface area contributed by atoms with Crippen LogP contribution in [0.4, 0.5) is 0 Å². The third-order valence-corrected chi connectivity index (χ3v) is 6.13. The number of sulfonamides is 1. The van der Waals surface area contributed by atoms with Crippen LogP contribution in [0, 0.1) is 0 Å². The fourth-order valence-corrected chi connectivity index (χ4v) is 4.46. The van der Waals surface area contributed by atoms with Gasteiger partial charge in [-0.2, -0.15) is 4.31 Å². The number of nitrogens with zero attached hydrogens (tertiary/aromatic N) is 1. The summed E-state index contributed by atoms with van der Waals surface area (Å²) in [6.07, 6.45) is 3.47. The smallest absolute Gasteiger partial charge is 0.338 e. The van der Waals surface area contributed by atoms with Crippen molar-refractivity contribution < 1.29 is 22.7 Å². The molecule has 26 heavy (non-hydrogen) atoms. The SMILES string of the molecule is CCC[C@@H](C)NC(=O)COC(=O)c1cccc(S(=O)(=O)N2CCCC2)c1. The van der Waals surface area contributed by atoms with Gasteiger partial charge in [-0.25, -0.2) is 13.2 Å². The first kappa shape index (κ1) is 20.4. The normalized spacial score (nSPS) is 16.2. The van der Waals surface area contributed by atoms with Crippen LogP contribution >= 0.6 is 0 Å². The molecule has 1 fully saturated rings. The van der Waals surface area contributed by atoms with E-state index in [4.69, 9.17) is 4.74 Å². The summed E-state index contributed by atoms with van der Waals surface area (Å²) < 4.78 is 31.6. The quantitative estimate of drug-likeness (QED) is 0.694. The molecule has 2 rings (SSSR count). The summed E-state index contributed by atoms with van der Waals surface area (Å²) in [6, 6.07) is 5.75. The minimum absolute atomic E-state index is 0.0140. The minimum atomic E-state index is -3.60. The van der Waals surface area contributed by atoms with Crippen molar-refractivity contribution in [2.24, 2.45) is 0 Å². The zero-order valence-corrected chi connectivity index (χ0v) is 16.0. The van der Waals surface area contributed by atoms with Crippen LogP contribution in [-0.2, 0) is 19.6 Å². The van der Waals surface area contributed by atoms with Gasteiger partial charge in [0.2, 0.25) is 10.0 Å². The number of ether oxygens (including phenoxy) is 1. The first-order chi connectivity index (χ1) is 12.3. The van der Waals surface area contributed by atoms with Crippen molar-refractivity contribution in [3.8, 4) is 0 Å². The summed E-state index contributed by atoms with van der Waals surface area (Å²) in [5.41, 5.74) is 0.111. The average molecular weight is 382 g/mol. The zero-order valence-electron chi connectivity index (χ0n) is 15.2. The molecule has 1 aliphatic rings. The molecule has 1 aromatic carbocycles. The van der Waals surface area contributed by atoms with Crippen LogP contribution in [0.3, 0.4) is 0 Å². The predicted octanol–water partition coefficient (Wildman–Crippen LogP) is 1.93. The molecular formula is C18H26N2O5S. The number of carbonyl (C=O) groups is 2. The highest BCUT2D eigenvalue weighted by molar-refractivity contribution is 7.89. The summed E-state index contributed by atoms with van der Waals surface area (Å²) in [5, 5.41) is 2.74. The van der Waals surface area contributed by atoms with E-state index in [0.717, 1.165) is 25.7 Å². The van der Waals surface area contributed by atoms with E-state index < -0.39 is 22.6 Å². The molecular weight excluding hydrogens is 356 g/mol. The molecule has 0 unspecified atom stereocenters. The largest absolute Gasteiger partial charge is 0.452 e. The molecule has 1 N–H and O–H groups in total. The zero-order chi connectivity index (χ0) is 19.2. The summed E-state index contributed by atoms with van der Waals surface area (Å²) in [6.45, 7) is 4.50. The monoisotopic (exact) mass is 382 g/mol. The first-order valence-corrected chi connectivity index (χ1v) is 10.3. The highest BCUT2D eigenvalue weighted by Gasteiger charge is 2.27. The maximum Gasteiger partial charge on any atom is 0.338 e. The molecule has 1 saturated heterocycles. The maximum atomic E-state index is 12.6. The van der Waals surface area contributed by atoms with Gasteiger partial charge < -0.3 is 10.1 Å². The molecule has 144 valence electrons. The van der Waals surface area contributed by atoms with E-state index in [1.807, 2.05) is 13.8 Å². The highest BCUT2D eigenvalue weighted by Crippen LogP contribution is 2.21. The molecule has 0 bridgehead atoms. The van der Waals surface area contributed by atoms with E-state index in [2.05, 4.69) is 5.32 Å². The Bertz CT molecular complexity index is 742. The molecule has 1 amide bonds. The number of carbonyl (C=O) groups excluding carboxylic acids is 2. The Balaban J connectivity index is 1.98. The Morgan fingerprint density at radius 3 is 2.62 bits per heavy atom. The van der Waals surface area contributed by atoms with Crippen molar-refractivity contribution in [2.45, 2.75) is 50.5 Å². The molecule has 0 radical (unpaired) electrons. The minimum Gasteiger partial charge on any atom is -0.452 e. The number of hydrogen-bond donors (Lipinski definition) is 1. The Kier molecular flexibility index (Phi) is 7.16. The average Bonchev–Trinajstić information content (AvgIpc) is 3.15. The second-order valence-electron chi connectivity index (χ2n) is 6.47. The molecule has 7 nitrogen and oxygen atoms in total. The van der Waals surface area contributed by atoms with Gasteiger partial charge in [-0.1, -0.05) is 19.4 Å². The van der Waals surface area contributed by atoms with Gasteiger partial charge in [0.15, 0.2) is 6.61 Å². The van der Waals surface area contributed by atoms with Crippen LogP contribution < -0.4 is 5.32 Å². The van der Waals surface area contributed by atoms with Crippen molar-refractivity contribution in [1.82, 2.24) is 9.62 Å². The lowest BCUT2D eigenvalue weighted by molar-refractivity contribution is -0.124. The third kappa shape index (κ3) is 5.28. The molecule has 1 aliphatic heterocycles. The van der Waals surface area contributed by atoms with Gasteiger partial charge in [-0.3, -0.25) is 4.79 Å². The highest BCUT2D eigenvalue weighted by atomic mass is 32.2. The second kappa shape index (κ2) is 9.14. The lowest BCUT2D eigenvalue weighted by atomic mass is 10.2. The predicted molar refractivity (Wildman–Crippen MR) is 97.2 cm³/mol. The van der Waals surface area contributed by atoms with Gasteiger partial charge in [-0.15, -0.1) is 0 Å². The summed E-state index contributed by atoms with van der Waals surface area (Å²) in [7, 11) is -3.60. The van der Waals surface area contributed by atoms with Crippen LogP contribution in [0.15, 0.2) is 29.2 Å². The molecule has 1 heterocycles. The van der Waals surface area contributed by atoms with Gasteiger partial charge in [0, 0.05) is 19.1 Å². The number of nitrogens with one attached hydrogen (secondary N) is 1. The van der Waals surface area contributed by atoms with Crippen LogP contribution in [-0.4, -0.2) is 50.3 Å². The van der Waals surface area contributed by atoms with Crippen LogP contribution in [0.2, 0.25) is 0 Å². The molecule has 8 heteroatoms. The van der Waals surface area contributed by atoms with Gasteiger partial charge >= 0.3 is 5.97 Å². The number of amides is 1. The van der Waals surface area contributed by atoms with Gasteiger partial charge in [0.25, 0.3) is 5.91 Å². The standard InChI is InChI=1S/C18H26N2O5S/c1-3-7-14(2)19-17(21)13-25-18(22)15-8-6-9-16(12-15)26(23,24)20-10-4-5-11-20/h6,8-9,12,14H,3-5,7,10-11,13H2,1-2H3,(H,19,21)/t14-/m1/s1. The molecule has 0 saturated carbocycles. The van der Waals surface area contributed by atoms with Crippen molar-refractivity contribution >= 4 is 21.9 Å². The number of hydrogen-bond acceptors (Lipinski definition) is 5. The van der Waals surface area contributed by atoms with Gasteiger partial charge in [0.1, 0.15) is 0 Å². The summed E-state index contributed by atoms with van der Waals surface area (Å²) in [4.78, 5) is 24.0. The Hall–Kier alpha value is -1.93. The second-order valence-corrected chi connectivity index (χ2v) is 8.41. The fourth-order valence-electron chi connectivity index (χ4n) is 2.90. The summed E-state index contributed by atoms with van der Waals surface area (Å²) in [5.74, 6) is -1.10. The Labute approximate surface area is 154 Å². The maximum absolute atomic E-state index is 12.6. The Morgan fingerprint density at radius 1 is 1.27 bits per heavy atom. The van der Waals surface area contributed by atoms with Gasteiger partial charge in [0.05, 0.1) is 10.5 Å². The van der Waals surface area contributed by atoms with Crippen molar-refractivity contribution in [2.75, 3.05) is 19.7 Å². The van der Waals surface area contributed by atoms with E-state index >= 15 is 0 Å². The van der Waals surface area contributed by atoms with Gasteiger partial charge in [-0.05, 0) is 44.4 Å². The Morgan fingerprint density at radius 2 is 1.96 bits per heavy atom. The number of benzene rings is 1. The first-order valence-electron chi connectivity index (χ1n) is 8.91. The summed E-state index contributed by atoms with van der Waals surface area (Å²) >= 11 is 0. The van der Waals surface area contributed by atoms with E-state index in [1.54, 1.807) is 0 Å². The van der Waals surface area contributed by atoms with Crippen LogP contribution in [0.1, 0.15) is 49.9 Å². The van der Waals surface area contributed by atoms with Crippen molar-refractivity contribution in [3.05, 3.63) is 29.8 Å². The number of rotatable bonds is 8. The molecule has 0 spiro atoms.